The number of carbonyl (C=O) groups is 1. The summed E-state index contributed by atoms with van der Waals surface area (Å²) in [5.41, 5.74) is -0.420. The third-order valence-electron chi connectivity index (χ3n) is 2.76. The highest BCUT2D eigenvalue weighted by atomic mass is 16.6. The van der Waals surface area contributed by atoms with Gasteiger partial charge in [-0.3, -0.25) is 0 Å². The maximum absolute atomic E-state index is 11.6. The first kappa shape index (κ1) is 15.3. The van der Waals surface area contributed by atoms with Gasteiger partial charge in [-0.1, -0.05) is 33.6 Å². The van der Waals surface area contributed by atoms with Crippen LogP contribution in [0.15, 0.2) is 0 Å². The second-order valence-electron chi connectivity index (χ2n) is 5.24. The molecule has 0 aromatic rings. The molecule has 1 unspecified atom stereocenters. The molecule has 1 amide bonds. The summed E-state index contributed by atoms with van der Waals surface area (Å²) in [4.78, 5) is 11.6. The zero-order valence-electron chi connectivity index (χ0n) is 11.6. The molecule has 0 spiro atoms. The highest BCUT2D eigenvalue weighted by Gasteiger charge is 2.22. The van der Waals surface area contributed by atoms with E-state index in [1.165, 1.54) is 0 Å². The molecule has 0 radical (unpaired) electrons. The van der Waals surface area contributed by atoms with Crippen LogP contribution < -0.4 is 5.32 Å². The first-order chi connectivity index (χ1) is 7.34. The summed E-state index contributed by atoms with van der Waals surface area (Å²) >= 11 is 0. The van der Waals surface area contributed by atoms with Crippen LogP contribution in [0, 0.1) is 5.92 Å². The van der Waals surface area contributed by atoms with Crippen molar-refractivity contribution in [2.75, 3.05) is 0 Å². The number of hydrogen-bond donors (Lipinski definition) is 1. The molecule has 0 saturated carbocycles. The zero-order valence-corrected chi connectivity index (χ0v) is 11.6. The Labute approximate surface area is 99.9 Å². The molecule has 0 aliphatic heterocycles. The lowest BCUT2D eigenvalue weighted by Crippen LogP contribution is -2.42. The average Bonchev–Trinajstić information content (AvgIpc) is 2.15. The van der Waals surface area contributed by atoms with Gasteiger partial charge in [-0.15, -0.1) is 0 Å². The topological polar surface area (TPSA) is 38.3 Å². The standard InChI is InChI=1S/C13H27NO2/c1-7-10(8-2)11(9-3)14-12(15)16-13(4,5)6/h10-11H,7-9H2,1-6H3,(H,14,15). The molecule has 0 saturated heterocycles. The summed E-state index contributed by atoms with van der Waals surface area (Å²) in [5.74, 6) is 0.539. The van der Waals surface area contributed by atoms with Crippen molar-refractivity contribution in [3.8, 4) is 0 Å². The van der Waals surface area contributed by atoms with Gasteiger partial charge in [0.25, 0.3) is 0 Å². The van der Waals surface area contributed by atoms with Gasteiger partial charge in [0.1, 0.15) is 5.60 Å². The molecule has 0 aromatic carbocycles. The van der Waals surface area contributed by atoms with E-state index in [1.807, 2.05) is 20.8 Å². The van der Waals surface area contributed by atoms with E-state index >= 15 is 0 Å². The predicted molar refractivity (Wildman–Crippen MR) is 67.5 cm³/mol. The molecule has 1 atom stereocenters. The summed E-state index contributed by atoms with van der Waals surface area (Å²) in [6.45, 7) is 12.1. The predicted octanol–water partition coefficient (Wildman–Crippen LogP) is 3.73. The Morgan fingerprint density at radius 1 is 1.12 bits per heavy atom. The van der Waals surface area contributed by atoms with Crippen LogP contribution in [0.25, 0.3) is 0 Å². The second-order valence-corrected chi connectivity index (χ2v) is 5.24. The Morgan fingerprint density at radius 3 is 1.94 bits per heavy atom. The van der Waals surface area contributed by atoms with Crippen molar-refractivity contribution >= 4 is 6.09 Å². The summed E-state index contributed by atoms with van der Waals surface area (Å²) in [5, 5.41) is 2.96. The average molecular weight is 229 g/mol. The van der Waals surface area contributed by atoms with E-state index in [1.54, 1.807) is 0 Å². The number of rotatable bonds is 5. The van der Waals surface area contributed by atoms with Crippen LogP contribution in [-0.2, 0) is 4.74 Å². The molecule has 0 aliphatic carbocycles. The van der Waals surface area contributed by atoms with Gasteiger partial charge in [0.05, 0.1) is 0 Å². The van der Waals surface area contributed by atoms with Crippen LogP contribution >= 0.6 is 0 Å². The first-order valence-corrected chi connectivity index (χ1v) is 6.33. The molecule has 0 fully saturated rings. The van der Waals surface area contributed by atoms with Gasteiger partial charge in [-0.25, -0.2) is 4.79 Å². The van der Waals surface area contributed by atoms with Gasteiger partial charge >= 0.3 is 6.09 Å². The lowest BCUT2D eigenvalue weighted by molar-refractivity contribution is 0.0482. The molecule has 3 nitrogen and oxygen atoms in total. The van der Waals surface area contributed by atoms with E-state index in [0.29, 0.717) is 5.92 Å². The summed E-state index contributed by atoms with van der Waals surface area (Å²) in [6, 6.07) is 0.227. The first-order valence-electron chi connectivity index (χ1n) is 6.33. The van der Waals surface area contributed by atoms with Gasteiger partial charge in [-0.05, 0) is 33.1 Å². The number of carbonyl (C=O) groups excluding carboxylic acids is 1. The Bertz CT molecular complexity index is 204. The van der Waals surface area contributed by atoms with Gasteiger partial charge in [0, 0.05) is 6.04 Å². The van der Waals surface area contributed by atoms with Crippen LogP contribution in [0.1, 0.15) is 60.8 Å². The molecular formula is C13H27NO2. The van der Waals surface area contributed by atoms with Gasteiger partial charge in [0.2, 0.25) is 0 Å². The van der Waals surface area contributed by atoms with E-state index in [0.717, 1.165) is 19.3 Å². The molecule has 0 aliphatic rings. The largest absolute Gasteiger partial charge is 0.444 e. The number of alkyl carbamates (subject to hydrolysis) is 1. The molecule has 16 heavy (non-hydrogen) atoms. The van der Waals surface area contributed by atoms with Crippen molar-refractivity contribution in [1.82, 2.24) is 5.32 Å². The maximum Gasteiger partial charge on any atom is 0.407 e. The second kappa shape index (κ2) is 6.77. The Balaban J connectivity index is 4.26. The molecule has 1 N–H and O–H groups in total. The Hall–Kier alpha value is -0.730. The fourth-order valence-corrected chi connectivity index (χ4v) is 1.87. The highest BCUT2D eigenvalue weighted by Crippen LogP contribution is 2.16. The van der Waals surface area contributed by atoms with E-state index in [2.05, 4.69) is 26.1 Å². The van der Waals surface area contributed by atoms with Crippen LogP contribution in [0.5, 0.6) is 0 Å². The number of amides is 1. The summed E-state index contributed by atoms with van der Waals surface area (Å²) in [7, 11) is 0. The minimum absolute atomic E-state index is 0.227. The smallest absolute Gasteiger partial charge is 0.407 e. The third kappa shape index (κ3) is 5.99. The molecule has 96 valence electrons. The molecule has 0 bridgehead atoms. The Morgan fingerprint density at radius 2 is 1.62 bits per heavy atom. The molecule has 0 aromatic heterocycles. The molecular weight excluding hydrogens is 202 g/mol. The minimum atomic E-state index is -0.420. The van der Waals surface area contributed by atoms with E-state index in [-0.39, 0.29) is 12.1 Å². The summed E-state index contributed by atoms with van der Waals surface area (Å²) < 4.78 is 5.26. The van der Waals surface area contributed by atoms with Crippen molar-refractivity contribution in [2.24, 2.45) is 5.92 Å². The van der Waals surface area contributed by atoms with Crippen LogP contribution in [0.3, 0.4) is 0 Å². The van der Waals surface area contributed by atoms with E-state index in [9.17, 15) is 4.79 Å². The van der Waals surface area contributed by atoms with Gasteiger partial charge in [0.15, 0.2) is 0 Å². The van der Waals surface area contributed by atoms with E-state index < -0.39 is 5.60 Å². The van der Waals surface area contributed by atoms with Crippen LogP contribution in [0.4, 0.5) is 4.79 Å². The van der Waals surface area contributed by atoms with Crippen LogP contribution in [-0.4, -0.2) is 17.7 Å². The van der Waals surface area contributed by atoms with Gasteiger partial charge < -0.3 is 10.1 Å². The maximum atomic E-state index is 11.6. The number of ether oxygens (including phenoxy) is 1. The zero-order chi connectivity index (χ0) is 12.8. The lowest BCUT2D eigenvalue weighted by Gasteiger charge is -2.27. The normalized spacial score (nSPS) is 13.7. The monoisotopic (exact) mass is 229 g/mol. The van der Waals surface area contributed by atoms with Crippen molar-refractivity contribution in [3.05, 3.63) is 0 Å². The van der Waals surface area contributed by atoms with Crippen LogP contribution in [0.2, 0.25) is 0 Å². The lowest BCUT2D eigenvalue weighted by atomic mass is 9.92. The highest BCUT2D eigenvalue weighted by molar-refractivity contribution is 5.68. The fraction of sp³-hybridized carbons (Fsp3) is 0.923. The van der Waals surface area contributed by atoms with Gasteiger partial charge in [-0.2, -0.15) is 0 Å². The number of nitrogens with one attached hydrogen (secondary N) is 1. The quantitative estimate of drug-likeness (QED) is 0.780. The molecule has 0 heterocycles. The molecule has 3 heteroatoms. The summed E-state index contributed by atoms with van der Waals surface area (Å²) in [6.07, 6.45) is 2.83. The SMILES string of the molecule is CCC(CC)C(CC)NC(=O)OC(C)(C)C. The number of hydrogen-bond acceptors (Lipinski definition) is 2. The Kier molecular flexibility index (Phi) is 6.46. The minimum Gasteiger partial charge on any atom is -0.444 e. The van der Waals surface area contributed by atoms with Crippen molar-refractivity contribution in [3.63, 3.8) is 0 Å². The van der Waals surface area contributed by atoms with E-state index in [4.69, 9.17) is 4.74 Å². The fourth-order valence-electron chi connectivity index (χ4n) is 1.87. The van der Waals surface area contributed by atoms with Crippen molar-refractivity contribution in [2.45, 2.75) is 72.4 Å². The third-order valence-corrected chi connectivity index (χ3v) is 2.76. The van der Waals surface area contributed by atoms with Crippen molar-refractivity contribution in [1.29, 1.82) is 0 Å². The molecule has 0 rings (SSSR count). The van der Waals surface area contributed by atoms with Crippen molar-refractivity contribution < 1.29 is 9.53 Å².